The number of hydrogen-bond acceptors (Lipinski definition) is 4. The van der Waals surface area contributed by atoms with Gasteiger partial charge in [0.1, 0.15) is 0 Å². The molecule has 2 rings (SSSR count). The highest BCUT2D eigenvalue weighted by Crippen LogP contribution is 2.28. The number of nitrogens with two attached hydrogens (primary N) is 1. The number of ether oxygens (including phenoxy) is 2. The fraction of sp³-hybridized carbons (Fsp3) is 0.167. The fourth-order valence-corrected chi connectivity index (χ4v) is 2.13. The Labute approximate surface area is 135 Å². The summed E-state index contributed by atoms with van der Waals surface area (Å²) in [6, 6.07) is 10.8. The van der Waals surface area contributed by atoms with E-state index in [0.29, 0.717) is 17.2 Å². The van der Waals surface area contributed by atoms with E-state index in [9.17, 15) is 4.79 Å². The molecule has 2 aromatic rings. The molecule has 0 atom stereocenters. The van der Waals surface area contributed by atoms with Crippen LogP contribution in [0.3, 0.4) is 0 Å². The van der Waals surface area contributed by atoms with Gasteiger partial charge in [-0.3, -0.25) is 4.79 Å². The van der Waals surface area contributed by atoms with Crippen LogP contribution in [-0.4, -0.2) is 20.1 Å². The minimum absolute atomic E-state index is 0.215. The second kappa shape index (κ2) is 7.35. The van der Waals surface area contributed by atoms with Gasteiger partial charge in [-0.25, -0.2) is 0 Å². The normalized spacial score (nSPS) is 10.6. The van der Waals surface area contributed by atoms with Crippen LogP contribution in [-0.2, 0) is 4.79 Å². The molecule has 0 heterocycles. The molecule has 23 heavy (non-hydrogen) atoms. The molecule has 3 N–H and O–H groups in total. The number of anilines is 2. The molecule has 0 bridgehead atoms. The second-order valence-corrected chi connectivity index (χ2v) is 5.01. The van der Waals surface area contributed by atoms with E-state index in [1.165, 1.54) is 6.08 Å². The lowest BCUT2D eigenvalue weighted by Crippen LogP contribution is -2.09. The number of methoxy groups -OCH3 is 2. The van der Waals surface area contributed by atoms with E-state index >= 15 is 0 Å². The van der Waals surface area contributed by atoms with E-state index in [-0.39, 0.29) is 5.91 Å². The number of benzene rings is 2. The molecule has 5 nitrogen and oxygen atoms in total. The third-order valence-corrected chi connectivity index (χ3v) is 3.34. The lowest BCUT2D eigenvalue weighted by molar-refractivity contribution is -0.111. The van der Waals surface area contributed by atoms with Crippen molar-refractivity contribution in [2.75, 3.05) is 25.3 Å². The maximum atomic E-state index is 12.0. The summed E-state index contributed by atoms with van der Waals surface area (Å²) in [5, 5.41) is 2.82. The molecule has 2 aromatic carbocycles. The Morgan fingerprint density at radius 3 is 2.48 bits per heavy atom. The van der Waals surface area contributed by atoms with Crippen molar-refractivity contribution >= 4 is 23.4 Å². The first-order valence-electron chi connectivity index (χ1n) is 7.10. The van der Waals surface area contributed by atoms with Crippen LogP contribution in [0.1, 0.15) is 11.1 Å². The lowest BCUT2D eigenvalue weighted by Gasteiger charge is -2.08. The van der Waals surface area contributed by atoms with Crippen LogP contribution in [0.4, 0.5) is 11.4 Å². The Balaban J connectivity index is 2.09. The topological polar surface area (TPSA) is 73.6 Å². The van der Waals surface area contributed by atoms with Gasteiger partial charge in [0.05, 0.1) is 14.2 Å². The first-order chi connectivity index (χ1) is 11.0. The molecule has 0 saturated carbocycles. The molecule has 0 aliphatic rings. The quantitative estimate of drug-likeness (QED) is 0.656. The third kappa shape index (κ3) is 4.26. The molecular weight excluding hydrogens is 292 g/mol. The van der Waals surface area contributed by atoms with Crippen LogP contribution in [0.15, 0.2) is 42.5 Å². The smallest absolute Gasteiger partial charge is 0.248 e. The maximum absolute atomic E-state index is 12.0. The predicted octanol–water partition coefficient (Wildman–Crippen LogP) is 3.25. The van der Waals surface area contributed by atoms with E-state index < -0.39 is 0 Å². The summed E-state index contributed by atoms with van der Waals surface area (Å²) in [6.45, 7) is 1.89. The fourth-order valence-electron chi connectivity index (χ4n) is 2.13. The van der Waals surface area contributed by atoms with Crippen molar-refractivity contribution in [1.29, 1.82) is 0 Å². The van der Waals surface area contributed by atoms with Crippen LogP contribution < -0.4 is 20.5 Å². The first-order valence-corrected chi connectivity index (χ1v) is 7.10. The minimum atomic E-state index is -0.215. The van der Waals surface area contributed by atoms with Gasteiger partial charge >= 0.3 is 0 Å². The van der Waals surface area contributed by atoms with Crippen molar-refractivity contribution < 1.29 is 14.3 Å². The van der Waals surface area contributed by atoms with Gasteiger partial charge < -0.3 is 20.5 Å². The summed E-state index contributed by atoms with van der Waals surface area (Å²) in [5.74, 6) is 1.05. The van der Waals surface area contributed by atoms with Gasteiger partial charge in [-0.1, -0.05) is 6.07 Å². The van der Waals surface area contributed by atoms with E-state index in [4.69, 9.17) is 15.2 Å². The zero-order valence-corrected chi connectivity index (χ0v) is 13.4. The summed E-state index contributed by atoms with van der Waals surface area (Å²) in [6.07, 6.45) is 3.18. The molecule has 0 aromatic heterocycles. The van der Waals surface area contributed by atoms with Gasteiger partial charge in [0, 0.05) is 17.5 Å². The van der Waals surface area contributed by atoms with Crippen LogP contribution in [0.5, 0.6) is 11.5 Å². The molecule has 0 aliphatic heterocycles. The summed E-state index contributed by atoms with van der Waals surface area (Å²) < 4.78 is 10.4. The van der Waals surface area contributed by atoms with Crippen LogP contribution in [0.2, 0.25) is 0 Å². The number of nitrogen functional groups attached to an aromatic ring is 1. The van der Waals surface area contributed by atoms with E-state index in [1.54, 1.807) is 44.6 Å². The number of amides is 1. The molecule has 0 radical (unpaired) electrons. The minimum Gasteiger partial charge on any atom is -0.493 e. The molecule has 0 fully saturated rings. The highest BCUT2D eigenvalue weighted by molar-refractivity contribution is 6.02. The Morgan fingerprint density at radius 1 is 1.09 bits per heavy atom. The highest BCUT2D eigenvalue weighted by Gasteiger charge is 2.04. The standard InChI is InChI=1S/C18H20N2O3/c1-12-10-14(19)6-7-15(12)20-18(21)9-5-13-4-8-16(22-2)17(11-13)23-3/h4-11H,19H2,1-3H3,(H,20,21)/b9-5+. The molecule has 0 unspecified atom stereocenters. The number of aryl methyl sites for hydroxylation is 1. The van der Waals surface area contributed by atoms with Gasteiger partial charge in [0.2, 0.25) is 5.91 Å². The maximum Gasteiger partial charge on any atom is 0.248 e. The largest absolute Gasteiger partial charge is 0.493 e. The lowest BCUT2D eigenvalue weighted by atomic mass is 10.1. The Kier molecular flexibility index (Phi) is 5.25. The van der Waals surface area contributed by atoms with Crippen molar-refractivity contribution in [3.63, 3.8) is 0 Å². The third-order valence-electron chi connectivity index (χ3n) is 3.34. The van der Waals surface area contributed by atoms with Crippen LogP contribution >= 0.6 is 0 Å². The van der Waals surface area contributed by atoms with Crippen molar-refractivity contribution in [3.05, 3.63) is 53.6 Å². The molecular formula is C18H20N2O3. The number of rotatable bonds is 5. The second-order valence-electron chi connectivity index (χ2n) is 5.01. The van der Waals surface area contributed by atoms with E-state index in [1.807, 2.05) is 19.1 Å². The van der Waals surface area contributed by atoms with Crippen molar-refractivity contribution in [1.82, 2.24) is 0 Å². The molecule has 0 spiro atoms. The zero-order valence-electron chi connectivity index (χ0n) is 13.4. The first kappa shape index (κ1) is 16.4. The average molecular weight is 312 g/mol. The summed E-state index contributed by atoms with van der Waals surface area (Å²) >= 11 is 0. The highest BCUT2D eigenvalue weighted by atomic mass is 16.5. The molecule has 0 saturated heterocycles. The van der Waals surface area contributed by atoms with Crippen LogP contribution in [0, 0.1) is 6.92 Å². The molecule has 5 heteroatoms. The molecule has 120 valence electrons. The van der Waals surface area contributed by atoms with Gasteiger partial charge in [-0.2, -0.15) is 0 Å². The van der Waals surface area contributed by atoms with Gasteiger partial charge in [-0.05, 0) is 54.5 Å². The Morgan fingerprint density at radius 2 is 1.83 bits per heavy atom. The van der Waals surface area contributed by atoms with Crippen molar-refractivity contribution in [2.24, 2.45) is 0 Å². The average Bonchev–Trinajstić information content (AvgIpc) is 2.55. The molecule has 1 amide bonds. The number of carbonyl (C=O) groups is 1. The Hall–Kier alpha value is -2.95. The van der Waals surface area contributed by atoms with Gasteiger partial charge in [0.25, 0.3) is 0 Å². The number of nitrogens with one attached hydrogen (secondary N) is 1. The summed E-state index contributed by atoms with van der Waals surface area (Å²) in [4.78, 5) is 12.0. The van der Waals surface area contributed by atoms with Crippen molar-refractivity contribution in [2.45, 2.75) is 6.92 Å². The SMILES string of the molecule is COc1ccc(/C=C/C(=O)Nc2ccc(N)cc2C)cc1OC. The predicted molar refractivity (Wildman–Crippen MR) is 92.8 cm³/mol. The Bertz CT molecular complexity index is 739. The van der Waals surface area contributed by atoms with E-state index in [2.05, 4.69) is 5.32 Å². The van der Waals surface area contributed by atoms with E-state index in [0.717, 1.165) is 16.8 Å². The van der Waals surface area contributed by atoms with Gasteiger partial charge in [-0.15, -0.1) is 0 Å². The zero-order chi connectivity index (χ0) is 16.8. The van der Waals surface area contributed by atoms with Crippen molar-refractivity contribution in [3.8, 4) is 11.5 Å². The number of carbonyl (C=O) groups excluding carboxylic acids is 1. The number of hydrogen-bond donors (Lipinski definition) is 2. The van der Waals surface area contributed by atoms with Crippen LogP contribution in [0.25, 0.3) is 6.08 Å². The summed E-state index contributed by atoms with van der Waals surface area (Å²) in [5.41, 5.74) is 8.85. The van der Waals surface area contributed by atoms with Gasteiger partial charge in [0.15, 0.2) is 11.5 Å². The monoisotopic (exact) mass is 312 g/mol. The summed E-state index contributed by atoms with van der Waals surface area (Å²) in [7, 11) is 3.15. The molecule has 0 aliphatic carbocycles.